The summed E-state index contributed by atoms with van der Waals surface area (Å²) in [7, 11) is 3.54. The number of para-hydroxylation sites is 2. The molecule has 0 fully saturated rings. The summed E-state index contributed by atoms with van der Waals surface area (Å²) >= 11 is 1.49. The summed E-state index contributed by atoms with van der Waals surface area (Å²) in [6, 6.07) is 15.0. The highest BCUT2D eigenvalue weighted by Gasteiger charge is 2.19. The number of nitrogens with zero attached hydrogens (tertiary/aromatic N) is 4. The van der Waals surface area contributed by atoms with Crippen molar-refractivity contribution in [1.29, 1.82) is 0 Å². The zero-order valence-corrected chi connectivity index (χ0v) is 16.5. The number of hydrogen-bond acceptors (Lipinski definition) is 6. The van der Waals surface area contributed by atoms with E-state index < -0.39 is 0 Å². The van der Waals surface area contributed by atoms with Gasteiger partial charge in [-0.05, 0) is 31.2 Å². The van der Waals surface area contributed by atoms with Crippen LogP contribution in [0.5, 0.6) is 5.75 Å². The first-order valence-electron chi connectivity index (χ1n) is 8.77. The van der Waals surface area contributed by atoms with E-state index in [4.69, 9.17) is 4.74 Å². The molecule has 0 bridgehead atoms. The van der Waals surface area contributed by atoms with E-state index in [1.165, 1.54) is 11.8 Å². The third-order valence-corrected chi connectivity index (χ3v) is 5.62. The van der Waals surface area contributed by atoms with Gasteiger partial charge in [-0.15, -0.1) is 10.2 Å². The molecule has 2 aromatic carbocycles. The van der Waals surface area contributed by atoms with Gasteiger partial charge in [-0.2, -0.15) is 0 Å². The summed E-state index contributed by atoms with van der Waals surface area (Å²) in [6.45, 7) is 1.98. The maximum absolute atomic E-state index is 12.3. The number of fused-ring (bicyclic) bond motifs is 1. The number of methoxy groups -OCH3 is 1. The Hall–Kier alpha value is -3.13. The first-order valence-corrected chi connectivity index (χ1v) is 9.65. The van der Waals surface area contributed by atoms with Gasteiger partial charge in [-0.1, -0.05) is 36.0 Å². The molecule has 0 aliphatic heterocycles. The van der Waals surface area contributed by atoms with Crippen molar-refractivity contribution in [1.82, 2.24) is 24.7 Å². The molecule has 0 saturated heterocycles. The Kier molecular flexibility index (Phi) is 4.87. The molecule has 4 aromatic rings. The molecule has 28 heavy (non-hydrogen) atoms. The van der Waals surface area contributed by atoms with Gasteiger partial charge in [-0.3, -0.25) is 4.79 Å². The van der Waals surface area contributed by atoms with E-state index in [1.54, 1.807) is 13.2 Å². The van der Waals surface area contributed by atoms with Crippen molar-refractivity contribution < 1.29 is 4.74 Å². The lowest BCUT2D eigenvalue weighted by molar-refractivity contribution is 0.416. The Balaban J connectivity index is 1.65. The summed E-state index contributed by atoms with van der Waals surface area (Å²) in [5, 5.41) is 9.85. The minimum atomic E-state index is -0.138. The van der Waals surface area contributed by atoms with E-state index in [0.29, 0.717) is 22.6 Å². The predicted octanol–water partition coefficient (Wildman–Crippen LogP) is 3.58. The first-order chi connectivity index (χ1) is 13.6. The molecular formula is C20H19N5O2S. The standard InChI is InChI=1S/C20H19N5O2S/c1-12(17-21-15-10-6-4-8-13(15)19(26)22-17)28-20-24-23-18(25(20)2)14-9-5-7-11-16(14)27-3/h4-12H,1-3H3,(H,21,22,26)/t12-/m1/s1. The molecule has 0 radical (unpaired) electrons. The van der Waals surface area contributed by atoms with Crippen molar-refractivity contribution in [2.45, 2.75) is 17.3 Å². The minimum absolute atomic E-state index is 0.106. The second kappa shape index (κ2) is 7.47. The number of nitrogens with one attached hydrogen (secondary N) is 1. The smallest absolute Gasteiger partial charge is 0.258 e. The molecule has 0 amide bonds. The van der Waals surface area contributed by atoms with Gasteiger partial charge in [0.2, 0.25) is 0 Å². The highest BCUT2D eigenvalue weighted by Crippen LogP contribution is 2.35. The van der Waals surface area contributed by atoms with Crippen LogP contribution in [0.4, 0.5) is 0 Å². The van der Waals surface area contributed by atoms with Crippen LogP contribution in [0.1, 0.15) is 18.0 Å². The van der Waals surface area contributed by atoms with Crippen molar-refractivity contribution in [3.8, 4) is 17.1 Å². The molecule has 1 atom stereocenters. The number of thioether (sulfide) groups is 1. The van der Waals surface area contributed by atoms with Crippen LogP contribution in [0.15, 0.2) is 58.5 Å². The van der Waals surface area contributed by atoms with Crippen LogP contribution in [-0.4, -0.2) is 31.8 Å². The molecule has 0 saturated carbocycles. The fourth-order valence-corrected chi connectivity index (χ4v) is 3.86. The SMILES string of the molecule is COc1ccccc1-c1nnc(S[C@H](C)c2nc3ccccc3c(=O)[nH]2)n1C. The molecule has 0 spiro atoms. The Bertz CT molecular complexity index is 1200. The number of rotatable bonds is 5. The number of aromatic nitrogens is 5. The molecule has 4 rings (SSSR count). The minimum Gasteiger partial charge on any atom is -0.496 e. The van der Waals surface area contributed by atoms with E-state index in [0.717, 1.165) is 16.5 Å². The van der Waals surface area contributed by atoms with Crippen molar-refractivity contribution >= 4 is 22.7 Å². The fourth-order valence-electron chi connectivity index (χ4n) is 2.99. The number of benzene rings is 2. The maximum Gasteiger partial charge on any atom is 0.258 e. The Labute approximate surface area is 165 Å². The van der Waals surface area contributed by atoms with E-state index in [-0.39, 0.29) is 10.8 Å². The lowest BCUT2D eigenvalue weighted by atomic mass is 10.2. The third kappa shape index (κ3) is 3.27. The Morgan fingerprint density at radius 2 is 1.86 bits per heavy atom. The van der Waals surface area contributed by atoms with Crippen molar-refractivity contribution in [3.63, 3.8) is 0 Å². The largest absolute Gasteiger partial charge is 0.496 e. The first kappa shape index (κ1) is 18.2. The van der Waals surface area contributed by atoms with Gasteiger partial charge < -0.3 is 14.3 Å². The number of ether oxygens (including phenoxy) is 1. The lowest BCUT2D eigenvalue weighted by Crippen LogP contribution is -2.13. The van der Waals surface area contributed by atoms with Crippen molar-refractivity contribution in [3.05, 3.63) is 64.7 Å². The monoisotopic (exact) mass is 393 g/mol. The normalized spacial score (nSPS) is 12.2. The lowest BCUT2D eigenvalue weighted by Gasteiger charge is -2.11. The number of aromatic amines is 1. The molecule has 7 nitrogen and oxygen atoms in total. The quantitative estimate of drug-likeness (QED) is 0.522. The molecule has 1 N–H and O–H groups in total. The molecule has 2 aromatic heterocycles. The van der Waals surface area contributed by atoms with Crippen LogP contribution in [0.2, 0.25) is 0 Å². The van der Waals surface area contributed by atoms with Gasteiger partial charge >= 0.3 is 0 Å². The van der Waals surface area contributed by atoms with Gasteiger partial charge in [0, 0.05) is 7.05 Å². The Morgan fingerprint density at radius 1 is 1.11 bits per heavy atom. The topological polar surface area (TPSA) is 85.7 Å². The van der Waals surface area contributed by atoms with Crippen LogP contribution in [0, 0.1) is 0 Å². The molecule has 0 aliphatic rings. The van der Waals surface area contributed by atoms with Crippen molar-refractivity contribution in [2.24, 2.45) is 7.05 Å². The van der Waals surface area contributed by atoms with Crippen LogP contribution in [-0.2, 0) is 7.05 Å². The summed E-state index contributed by atoms with van der Waals surface area (Å²) in [6.07, 6.45) is 0. The van der Waals surface area contributed by atoms with Crippen LogP contribution in [0.3, 0.4) is 0 Å². The second-order valence-electron chi connectivity index (χ2n) is 6.29. The van der Waals surface area contributed by atoms with Gasteiger partial charge in [0.25, 0.3) is 5.56 Å². The van der Waals surface area contributed by atoms with E-state index in [2.05, 4.69) is 20.2 Å². The average Bonchev–Trinajstić information content (AvgIpc) is 3.08. The maximum atomic E-state index is 12.3. The molecule has 0 aliphatic carbocycles. The zero-order valence-electron chi connectivity index (χ0n) is 15.7. The van der Waals surface area contributed by atoms with Crippen LogP contribution < -0.4 is 10.3 Å². The second-order valence-corrected chi connectivity index (χ2v) is 7.60. The fraction of sp³-hybridized carbons (Fsp3) is 0.200. The van der Waals surface area contributed by atoms with Crippen molar-refractivity contribution in [2.75, 3.05) is 7.11 Å². The summed E-state index contributed by atoms with van der Waals surface area (Å²) in [5.74, 6) is 2.06. The van der Waals surface area contributed by atoms with E-state index in [9.17, 15) is 4.79 Å². The Morgan fingerprint density at radius 3 is 2.68 bits per heavy atom. The highest BCUT2D eigenvalue weighted by atomic mass is 32.2. The molecule has 2 heterocycles. The predicted molar refractivity (Wildman–Crippen MR) is 110 cm³/mol. The van der Waals surface area contributed by atoms with Gasteiger partial charge in [0.1, 0.15) is 11.6 Å². The summed E-state index contributed by atoms with van der Waals surface area (Å²) in [4.78, 5) is 19.8. The highest BCUT2D eigenvalue weighted by molar-refractivity contribution is 7.99. The van der Waals surface area contributed by atoms with E-state index >= 15 is 0 Å². The van der Waals surface area contributed by atoms with Crippen LogP contribution in [0.25, 0.3) is 22.3 Å². The van der Waals surface area contributed by atoms with Gasteiger partial charge in [0.05, 0.1) is 28.8 Å². The summed E-state index contributed by atoms with van der Waals surface area (Å²) in [5.41, 5.74) is 1.42. The van der Waals surface area contributed by atoms with Gasteiger partial charge in [0.15, 0.2) is 11.0 Å². The molecule has 8 heteroatoms. The number of hydrogen-bond donors (Lipinski definition) is 1. The zero-order chi connectivity index (χ0) is 19.7. The number of H-pyrrole nitrogens is 1. The molecule has 142 valence electrons. The third-order valence-electron chi connectivity index (χ3n) is 4.48. The van der Waals surface area contributed by atoms with E-state index in [1.807, 2.05) is 61.0 Å². The van der Waals surface area contributed by atoms with Gasteiger partial charge in [-0.25, -0.2) is 4.98 Å². The summed E-state index contributed by atoms with van der Waals surface area (Å²) < 4.78 is 7.35. The average molecular weight is 393 g/mol. The molecular weight excluding hydrogens is 374 g/mol. The van der Waals surface area contributed by atoms with Crippen LogP contribution >= 0.6 is 11.8 Å². The molecule has 0 unspecified atom stereocenters.